The maximum absolute atomic E-state index is 5.67. The predicted molar refractivity (Wildman–Crippen MR) is 82.6 cm³/mol. The van der Waals surface area contributed by atoms with Crippen LogP contribution in [-0.4, -0.2) is 7.05 Å². The Kier molecular flexibility index (Phi) is 4.48. The number of hydrogen-bond acceptors (Lipinski definition) is 2. The molecule has 3 heteroatoms. The van der Waals surface area contributed by atoms with Gasteiger partial charge in [-0.1, -0.05) is 17.7 Å². The van der Waals surface area contributed by atoms with E-state index in [1.807, 2.05) is 19.2 Å². The van der Waals surface area contributed by atoms with Crippen LogP contribution in [0.2, 0.25) is 0 Å². The smallest absolute Gasteiger partial charge is 0.169 e. The van der Waals surface area contributed by atoms with E-state index >= 15 is 0 Å². The molecule has 1 atom stereocenters. The van der Waals surface area contributed by atoms with E-state index in [4.69, 9.17) is 4.42 Å². The van der Waals surface area contributed by atoms with Gasteiger partial charge in [-0.3, -0.25) is 0 Å². The zero-order valence-corrected chi connectivity index (χ0v) is 13.5. The first-order valence-corrected chi connectivity index (χ1v) is 7.29. The summed E-state index contributed by atoms with van der Waals surface area (Å²) in [7, 11) is 1.97. The Hall–Kier alpha value is -1.06. The fourth-order valence-electron chi connectivity index (χ4n) is 2.60. The quantitative estimate of drug-likeness (QED) is 0.898. The number of halogens is 1. The van der Waals surface area contributed by atoms with Crippen LogP contribution in [0.15, 0.2) is 33.4 Å². The standard InChI is InChI=1S/C16H20BrNO/c1-10-7-11(2)13(12(3)8-10)9-14(18-4)15-5-6-16(17)19-15/h5-8,14,18H,9H2,1-4H3. The summed E-state index contributed by atoms with van der Waals surface area (Å²) in [6, 6.07) is 8.64. The summed E-state index contributed by atoms with van der Waals surface area (Å²) in [4.78, 5) is 0. The van der Waals surface area contributed by atoms with Crippen molar-refractivity contribution >= 4 is 15.9 Å². The molecule has 2 rings (SSSR count). The molecule has 0 radical (unpaired) electrons. The van der Waals surface area contributed by atoms with Crippen molar-refractivity contribution in [3.05, 3.63) is 56.9 Å². The highest BCUT2D eigenvalue weighted by molar-refractivity contribution is 9.10. The molecule has 2 nitrogen and oxygen atoms in total. The van der Waals surface area contributed by atoms with Gasteiger partial charge in [0.1, 0.15) is 5.76 Å². The van der Waals surface area contributed by atoms with Crippen LogP contribution in [0.1, 0.15) is 34.1 Å². The lowest BCUT2D eigenvalue weighted by Gasteiger charge is -2.18. The Labute approximate surface area is 123 Å². The summed E-state index contributed by atoms with van der Waals surface area (Å²) in [5.41, 5.74) is 5.42. The Morgan fingerprint density at radius 3 is 2.26 bits per heavy atom. The molecule has 0 aliphatic rings. The Bertz CT molecular complexity index is 551. The number of nitrogens with one attached hydrogen (secondary N) is 1. The molecule has 0 amide bonds. The molecule has 0 saturated heterocycles. The highest BCUT2D eigenvalue weighted by atomic mass is 79.9. The van der Waals surface area contributed by atoms with E-state index < -0.39 is 0 Å². The molecule has 0 bridgehead atoms. The zero-order chi connectivity index (χ0) is 14.0. The largest absolute Gasteiger partial charge is 0.453 e. The van der Waals surface area contributed by atoms with E-state index in [2.05, 4.69) is 54.2 Å². The highest BCUT2D eigenvalue weighted by Crippen LogP contribution is 2.26. The SMILES string of the molecule is CNC(Cc1c(C)cc(C)cc1C)c1ccc(Br)o1. The maximum atomic E-state index is 5.67. The third-order valence-electron chi connectivity index (χ3n) is 3.53. The fourth-order valence-corrected chi connectivity index (χ4v) is 2.92. The van der Waals surface area contributed by atoms with E-state index in [0.29, 0.717) is 0 Å². The van der Waals surface area contributed by atoms with Crippen LogP contribution in [0.5, 0.6) is 0 Å². The predicted octanol–water partition coefficient (Wildman–Crippen LogP) is 4.47. The second kappa shape index (κ2) is 5.93. The van der Waals surface area contributed by atoms with Crippen LogP contribution in [0.4, 0.5) is 0 Å². The van der Waals surface area contributed by atoms with Gasteiger partial charge in [0.25, 0.3) is 0 Å². The van der Waals surface area contributed by atoms with Crippen molar-refractivity contribution < 1.29 is 4.42 Å². The van der Waals surface area contributed by atoms with Gasteiger partial charge in [-0.2, -0.15) is 0 Å². The van der Waals surface area contributed by atoms with Gasteiger partial charge in [-0.25, -0.2) is 0 Å². The molecule has 1 heterocycles. The van der Waals surface area contributed by atoms with Gasteiger partial charge in [0, 0.05) is 0 Å². The number of furan rings is 1. The van der Waals surface area contributed by atoms with Crippen LogP contribution < -0.4 is 5.32 Å². The van der Waals surface area contributed by atoms with Gasteiger partial charge < -0.3 is 9.73 Å². The van der Waals surface area contributed by atoms with Crippen molar-refractivity contribution in [1.29, 1.82) is 0 Å². The number of rotatable bonds is 4. The van der Waals surface area contributed by atoms with E-state index in [1.165, 1.54) is 22.3 Å². The first-order valence-electron chi connectivity index (χ1n) is 6.50. The van der Waals surface area contributed by atoms with Crippen molar-refractivity contribution in [3.8, 4) is 0 Å². The van der Waals surface area contributed by atoms with Crippen LogP contribution in [-0.2, 0) is 6.42 Å². The number of hydrogen-bond donors (Lipinski definition) is 1. The lowest BCUT2D eigenvalue weighted by Crippen LogP contribution is -2.19. The van der Waals surface area contributed by atoms with E-state index in [-0.39, 0.29) is 6.04 Å². The van der Waals surface area contributed by atoms with E-state index in [0.717, 1.165) is 16.9 Å². The van der Waals surface area contributed by atoms with Gasteiger partial charge in [0.15, 0.2) is 4.67 Å². The second-order valence-electron chi connectivity index (χ2n) is 5.06. The van der Waals surface area contributed by atoms with Crippen LogP contribution in [0.3, 0.4) is 0 Å². The number of aryl methyl sites for hydroxylation is 3. The summed E-state index contributed by atoms with van der Waals surface area (Å²) in [6.07, 6.45) is 0.939. The topological polar surface area (TPSA) is 25.2 Å². The van der Waals surface area contributed by atoms with E-state index in [9.17, 15) is 0 Å². The molecular weight excluding hydrogens is 302 g/mol. The van der Waals surface area contributed by atoms with Gasteiger partial charge >= 0.3 is 0 Å². The molecule has 1 unspecified atom stereocenters. The fraction of sp³-hybridized carbons (Fsp3) is 0.375. The minimum atomic E-state index is 0.200. The molecule has 0 aliphatic carbocycles. The van der Waals surface area contributed by atoms with Crippen LogP contribution in [0.25, 0.3) is 0 Å². The lowest BCUT2D eigenvalue weighted by atomic mass is 9.94. The van der Waals surface area contributed by atoms with Crippen molar-refractivity contribution in [2.75, 3.05) is 7.05 Å². The normalized spacial score (nSPS) is 12.7. The molecular formula is C16H20BrNO. The first-order chi connectivity index (χ1) is 9.01. The van der Waals surface area contributed by atoms with Gasteiger partial charge in [0.2, 0.25) is 0 Å². The van der Waals surface area contributed by atoms with Gasteiger partial charge in [0.05, 0.1) is 6.04 Å². The van der Waals surface area contributed by atoms with E-state index in [1.54, 1.807) is 0 Å². The Morgan fingerprint density at radius 1 is 1.16 bits per heavy atom. The second-order valence-corrected chi connectivity index (χ2v) is 5.85. The van der Waals surface area contributed by atoms with Crippen molar-refractivity contribution in [2.24, 2.45) is 0 Å². The van der Waals surface area contributed by atoms with Crippen molar-refractivity contribution in [2.45, 2.75) is 33.2 Å². The maximum Gasteiger partial charge on any atom is 0.169 e. The molecule has 1 aromatic carbocycles. The summed E-state index contributed by atoms with van der Waals surface area (Å²) < 4.78 is 6.44. The van der Waals surface area contributed by atoms with Gasteiger partial charge in [-0.15, -0.1) is 0 Å². The minimum Gasteiger partial charge on any atom is -0.453 e. The molecule has 1 aromatic heterocycles. The van der Waals surface area contributed by atoms with Crippen LogP contribution in [0, 0.1) is 20.8 Å². The lowest BCUT2D eigenvalue weighted by molar-refractivity contribution is 0.416. The van der Waals surface area contributed by atoms with Gasteiger partial charge in [-0.05, 0) is 79.0 Å². The number of benzene rings is 1. The average molecular weight is 322 g/mol. The average Bonchev–Trinajstić information content (AvgIpc) is 2.75. The monoisotopic (exact) mass is 321 g/mol. The molecule has 1 N–H and O–H groups in total. The Balaban J connectivity index is 2.28. The summed E-state index contributed by atoms with van der Waals surface area (Å²) in [6.45, 7) is 6.50. The van der Waals surface area contributed by atoms with Crippen molar-refractivity contribution in [3.63, 3.8) is 0 Å². The Morgan fingerprint density at radius 2 is 1.79 bits per heavy atom. The summed E-state index contributed by atoms with van der Waals surface area (Å²) in [5, 5.41) is 3.33. The minimum absolute atomic E-state index is 0.200. The van der Waals surface area contributed by atoms with Crippen LogP contribution >= 0.6 is 15.9 Å². The third kappa shape index (κ3) is 3.28. The first kappa shape index (κ1) is 14.4. The third-order valence-corrected chi connectivity index (χ3v) is 3.96. The molecule has 19 heavy (non-hydrogen) atoms. The number of likely N-dealkylation sites (N-methyl/N-ethyl adjacent to an activating group) is 1. The molecule has 0 spiro atoms. The van der Waals surface area contributed by atoms with Crippen molar-refractivity contribution in [1.82, 2.24) is 5.32 Å². The summed E-state index contributed by atoms with van der Waals surface area (Å²) >= 11 is 3.36. The molecule has 0 fully saturated rings. The highest BCUT2D eigenvalue weighted by Gasteiger charge is 2.16. The molecule has 0 aliphatic heterocycles. The zero-order valence-electron chi connectivity index (χ0n) is 11.9. The molecule has 102 valence electrons. The summed E-state index contributed by atoms with van der Waals surface area (Å²) in [5.74, 6) is 0.966. The molecule has 2 aromatic rings. The molecule has 0 saturated carbocycles.